The van der Waals surface area contributed by atoms with Gasteiger partial charge in [-0.25, -0.2) is 0 Å². The number of para-hydroxylation sites is 1. The van der Waals surface area contributed by atoms with Gasteiger partial charge < -0.3 is 42.2 Å². The number of nitrogens with two attached hydrogens (primary N) is 3. The minimum atomic E-state index is -1.13. The van der Waals surface area contributed by atoms with Crippen molar-refractivity contribution >= 4 is 17.7 Å². The van der Waals surface area contributed by atoms with Gasteiger partial charge in [0, 0.05) is 38.3 Å². The zero-order chi connectivity index (χ0) is 27.9. The van der Waals surface area contributed by atoms with Crippen molar-refractivity contribution in [3.8, 4) is 11.5 Å². The number of hydrogen-bond donors (Lipinski definition) is 5. The molecular formula is C27H40N6O5. The summed E-state index contributed by atoms with van der Waals surface area (Å²) < 4.78 is 10.8. The van der Waals surface area contributed by atoms with Gasteiger partial charge in [-0.1, -0.05) is 42.5 Å². The first-order valence-electron chi connectivity index (χ1n) is 12.6. The molecule has 0 unspecified atom stereocenters. The average molecular weight is 529 g/mol. The van der Waals surface area contributed by atoms with Gasteiger partial charge >= 0.3 is 0 Å². The predicted octanol–water partition coefficient (Wildman–Crippen LogP) is -0.0990. The Labute approximate surface area is 224 Å². The molecule has 2 rings (SSSR count). The molecular weight excluding hydrogens is 488 g/mol. The molecule has 3 amide bonds. The number of aryl methyl sites for hydroxylation is 1. The topological polar surface area (TPSA) is 175 Å². The Morgan fingerprint density at radius 1 is 0.921 bits per heavy atom. The Bertz CT molecular complexity index is 1030. The first-order valence-corrected chi connectivity index (χ1v) is 12.6. The van der Waals surface area contributed by atoms with E-state index in [0.29, 0.717) is 37.4 Å². The molecule has 2 aromatic rings. The molecule has 38 heavy (non-hydrogen) atoms. The van der Waals surface area contributed by atoms with Crippen LogP contribution in [0.15, 0.2) is 48.5 Å². The van der Waals surface area contributed by atoms with Crippen LogP contribution in [-0.4, -0.2) is 75.1 Å². The van der Waals surface area contributed by atoms with Gasteiger partial charge in [0.1, 0.15) is 6.04 Å². The molecule has 0 saturated carbocycles. The highest BCUT2D eigenvalue weighted by atomic mass is 16.5. The summed E-state index contributed by atoms with van der Waals surface area (Å²) in [5.74, 6) is -0.238. The standard InChI is InChI=1S/C27H40N6O5/c1-37-23-10-6-9-20(25(23)38-2)18-31-27(36)22(12-11-19-7-4-3-5-8-19)32-26(35)21(30)17-24(34)33(15-13-28)16-14-29/h3-10,21-22H,11-18,28-30H2,1-2H3,(H,31,36)(H,32,35)/t21-,22-/m0/s1. The van der Waals surface area contributed by atoms with E-state index in [-0.39, 0.29) is 37.9 Å². The summed E-state index contributed by atoms with van der Waals surface area (Å²) in [5.41, 5.74) is 18.9. The molecule has 0 aliphatic rings. The van der Waals surface area contributed by atoms with E-state index in [0.717, 1.165) is 11.1 Å². The molecule has 0 fully saturated rings. The van der Waals surface area contributed by atoms with Gasteiger partial charge in [-0.2, -0.15) is 0 Å². The molecule has 11 heteroatoms. The highest BCUT2D eigenvalue weighted by Gasteiger charge is 2.26. The van der Waals surface area contributed by atoms with Crippen LogP contribution in [0.25, 0.3) is 0 Å². The van der Waals surface area contributed by atoms with Crippen LogP contribution in [0, 0.1) is 0 Å². The molecule has 0 radical (unpaired) electrons. The second-order valence-electron chi connectivity index (χ2n) is 8.72. The fourth-order valence-electron chi connectivity index (χ4n) is 3.98. The van der Waals surface area contributed by atoms with Gasteiger partial charge in [0.2, 0.25) is 17.7 Å². The van der Waals surface area contributed by atoms with Gasteiger partial charge in [-0.05, 0) is 24.5 Å². The summed E-state index contributed by atoms with van der Waals surface area (Å²) >= 11 is 0. The van der Waals surface area contributed by atoms with Crippen LogP contribution in [0.4, 0.5) is 0 Å². The summed E-state index contributed by atoms with van der Waals surface area (Å²) in [6, 6.07) is 13.0. The largest absolute Gasteiger partial charge is 0.493 e. The quantitative estimate of drug-likeness (QED) is 0.201. The van der Waals surface area contributed by atoms with E-state index < -0.39 is 18.0 Å². The molecule has 0 bridgehead atoms. The number of hydrogen-bond acceptors (Lipinski definition) is 8. The summed E-state index contributed by atoms with van der Waals surface area (Å²) in [6.45, 7) is 1.34. The monoisotopic (exact) mass is 528 g/mol. The molecule has 11 nitrogen and oxygen atoms in total. The Morgan fingerprint density at radius 2 is 1.61 bits per heavy atom. The average Bonchev–Trinajstić information content (AvgIpc) is 2.93. The zero-order valence-corrected chi connectivity index (χ0v) is 22.2. The first-order chi connectivity index (χ1) is 18.3. The van der Waals surface area contributed by atoms with E-state index >= 15 is 0 Å². The lowest BCUT2D eigenvalue weighted by molar-refractivity contribution is -0.135. The van der Waals surface area contributed by atoms with Gasteiger partial charge in [0.25, 0.3) is 0 Å². The Balaban J connectivity index is 2.10. The van der Waals surface area contributed by atoms with Crippen molar-refractivity contribution in [1.82, 2.24) is 15.5 Å². The number of nitrogens with zero attached hydrogens (tertiary/aromatic N) is 1. The number of nitrogens with one attached hydrogen (secondary N) is 2. The first kappa shape index (κ1) is 30.6. The van der Waals surface area contributed by atoms with Crippen LogP contribution >= 0.6 is 0 Å². The number of amides is 3. The molecule has 2 aromatic carbocycles. The van der Waals surface area contributed by atoms with Crippen LogP contribution in [0.5, 0.6) is 11.5 Å². The second kappa shape index (κ2) is 16.2. The van der Waals surface area contributed by atoms with Crippen molar-refractivity contribution < 1.29 is 23.9 Å². The predicted molar refractivity (Wildman–Crippen MR) is 145 cm³/mol. The Hall–Kier alpha value is -3.67. The number of ether oxygens (including phenoxy) is 2. The van der Waals surface area contributed by atoms with E-state index in [4.69, 9.17) is 26.7 Å². The van der Waals surface area contributed by atoms with Crippen molar-refractivity contribution in [2.45, 2.75) is 37.9 Å². The van der Waals surface area contributed by atoms with Gasteiger partial charge in [0.05, 0.1) is 26.7 Å². The van der Waals surface area contributed by atoms with E-state index in [9.17, 15) is 14.4 Å². The van der Waals surface area contributed by atoms with E-state index in [1.54, 1.807) is 12.1 Å². The lowest BCUT2D eigenvalue weighted by Crippen LogP contribution is -2.53. The van der Waals surface area contributed by atoms with Crippen molar-refractivity contribution in [1.29, 1.82) is 0 Å². The fraction of sp³-hybridized carbons (Fsp3) is 0.444. The third kappa shape index (κ3) is 9.33. The summed E-state index contributed by atoms with van der Waals surface area (Å²) in [7, 11) is 3.06. The zero-order valence-electron chi connectivity index (χ0n) is 22.2. The number of benzene rings is 2. The maximum Gasteiger partial charge on any atom is 0.242 e. The molecule has 0 aromatic heterocycles. The van der Waals surface area contributed by atoms with Gasteiger partial charge in [-0.15, -0.1) is 0 Å². The van der Waals surface area contributed by atoms with Crippen LogP contribution < -0.4 is 37.3 Å². The molecule has 0 heterocycles. The van der Waals surface area contributed by atoms with Crippen molar-refractivity contribution in [3.05, 3.63) is 59.7 Å². The number of carbonyl (C=O) groups excluding carboxylic acids is 3. The fourth-order valence-corrected chi connectivity index (χ4v) is 3.98. The maximum atomic E-state index is 13.2. The van der Waals surface area contributed by atoms with Crippen LogP contribution in [0.2, 0.25) is 0 Å². The van der Waals surface area contributed by atoms with E-state index in [1.165, 1.54) is 19.1 Å². The molecule has 2 atom stereocenters. The van der Waals surface area contributed by atoms with Crippen molar-refractivity contribution in [3.63, 3.8) is 0 Å². The highest BCUT2D eigenvalue weighted by Crippen LogP contribution is 2.30. The summed E-state index contributed by atoms with van der Waals surface area (Å²) in [6.07, 6.45) is 0.667. The van der Waals surface area contributed by atoms with Gasteiger partial charge in [0.15, 0.2) is 11.5 Å². The maximum absolute atomic E-state index is 13.2. The minimum absolute atomic E-state index is 0.161. The SMILES string of the molecule is COc1cccc(CNC(=O)[C@H](CCc2ccccc2)NC(=O)[C@@H](N)CC(=O)N(CCN)CCN)c1OC. The number of methoxy groups -OCH3 is 2. The Kier molecular flexibility index (Phi) is 13.0. The van der Waals surface area contributed by atoms with Crippen LogP contribution in [0.3, 0.4) is 0 Å². The van der Waals surface area contributed by atoms with Crippen molar-refractivity contribution in [2.75, 3.05) is 40.4 Å². The highest BCUT2D eigenvalue weighted by molar-refractivity contribution is 5.92. The van der Waals surface area contributed by atoms with E-state index in [2.05, 4.69) is 10.6 Å². The smallest absolute Gasteiger partial charge is 0.242 e. The molecule has 208 valence electrons. The molecule has 0 spiro atoms. The van der Waals surface area contributed by atoms with E-state index in [1.807, 2.05) is 36.4 Å². The summed E-state index contributed by atoms with van der Waals surface area (Å²) in [4.78, 5) is 40.2. The normalized spacial score (nSPS) is 12.2. The third-order valence-electron chi connectivity index (χ3n) is 6.02. The van der Waals surface area contributed by atoms with Crippen LogP contribution in [0.1, 0.15) is 24.0 Å². The molecule has 0 aliphatic heterocycles. The summed E-state index contributed by atoms with van der Waals surface area (Å²) in [5, 5.41) is 5.60. The molecule has 0 aliphatic carbocycles. The lowest BCUT2D eigenvalue weighted by atomic mass is 10.0. The van der Waals surface area contributed by atoms with Crippen molar-refractivity contribution in [2.24, 2.45) is 17.2 Å². The Morgan fingerprint density at radius 3 is 2.21 bits per heavy atom. The number of rotatable bonds is 16. The van der Waals surface area contributed by atoms with Crippen LogP contribution in [-0.2, 0) is 27.3 Å². The third-order valence-corrected chi connectivity index (χ3v) is 6.02. The molecule has 0 saturated heterocycles. The number of carbonyl (C=O) groups is 3. The minimum Gasteiger partial charge on any atom is -0.493 e. The molecule has 8 N–H and O–H groups in total. The van der Waals surface area contributed by atoms with Gasteiger partial charge in [-0.3, -0.25) is 14.4 Å². The lowest BCUT2D eigenvalue weighted by Gasteiger charge is -2.24. The second-order valence-corrected chi connectivity index (χ2v) is 8.72.